The SMILES string of the molecule is CN1Cc2c(cc([C@H]3CCO[C@@H](c4cnn(C5CC5)c4)C3)nc2-c2ccc(C(F)(F)F)cc2F)C1=O. The summed E-state index contributed by atoms with van der Waals surface area (Å²) in [7, 11) is 1.64. The number of hydrogen-bond acceptors (Lipinski definition) is 4. The van der Waals surface area contributed by atoms with Gasteiger partial charge in [0.2, 0.25) is 0 Å². The topological polar surface area (TPSA) is 60.2 Å². The second-order valence-corrected chi connectivity index (χ2v) is 9.84. The maximum absolute atomic E-state index is 15.0. The van der Waals surface area contributed by atoms with Crippen molar-refractivity contribution >= 4 is 5.91 Å². The maximum Gasteiger partial charge on any atom is 0.416 e. The standard InChI is InChI=1S/C26H24F4N4O2/c1-33-13-20-19(25(33)35)10-22(32-24(20)18-5-2-16(9-21(18)27)26(28,29)30)14-6-7-36-23(8-14)15-11-31-34(12-15)17-3-4-17/h2,5,9-12,14,17,23H,3-4,6-8,13H2,1H3/t14-,23+/m0/s1. The third-order valence-electron chi connectivity index (χ3n) is 7.28. The van der Waals surface area contributed by atoms with Crippen LogP contribution in [0.5, 0.6) is 0 Å². The highest BCUT2D eigenvalue weighted by molar-refractivity contribution is 6.00. The Morgan fingerprint density at radius 1 is 1.11 bits per heavy atom. The first kappa shape index (κ1) is 23.1. The Bertz CT molecular complexity index is 1350. The molecule has 188 valence electrons. The van der Waals surface area contributed by atoms with Crippen LogP contribution < -0.4 is 0 Å². The van der Waals surface area contributed by atoms with Gasteiger partial charge in [0.25, 0.3) is 5.91 Å². The van der Waals surface area contributed by atoms with E-state index in [1.54, 1.807) is 13.1 Å². The van der Waals surface area contributed by atoms with Gasteiger partial charge in [-0.05, 0) is 49.9 Å². The smallest absolute Gasteiger partial charge is 0.373 e. The summed E-state index contributed by atoms with van der Waals surface area (Å²) in [5.41, 5.74) is 1.66. The largest absolute Gasteiger partial charge is 0.416 e. The summed E-state index contributed by atoms with van der Waals surface area (Å²) in [5.74, 6) is -1.29. The number of halogens is 4. The van der Waals surface area contributed by atoms with Gasteiger partial charge in [0, 0.05) is 60.3 Å². The van der Waals surface area contributed by atoms with Gasteiger partial charge in [0.15, 0.2) is 0 Å². The van der Waals surface area contributed by atoms with Crippen LogP contribution in [0.3, 0.4) is 0 Å². The molecule has 6 rings (SSSR count). The molecule has 2 aliphatic heterocycles. The number of fused-ring (bicyclic) bond motifs is 1. The summed E-state index contributed by atoms with van der Waals surface area (Å²) in [6, 6.07) is 4.65. The van der Waals surface area contributed by atoms with Crippen LogP contribution in [-0.4, -0.2) is 39.2 Å². The third-order valence-corrected chi connectivity index (χ3v) is 7.28. The molecule has 2 aromatic heterocycles. The number of pyridine rings is 1. The molecule has 3 aliphatic rings. The number of alkyl halides is 3. The Balaban J connectivity index is 1.37. The predicted octanol–water partition coefficient (Wildman–Crippen LogP) is 5.66. The summed E-state index contributed by atoms with van der Waals surface area (Å²) >= 11 is 0. The molecule has 4 heterocycles. The first-order chi connectivity index (χ1) is 17.2. The fourth-order valence-electron chi connectivity index (χ4n) is 5.13. The quantitative estimate of drug-likeness (QED) is 0.434. The zero-order chi connectivity index (χ0) is 25.2. The number of ether oxygens (including phenoxy) is 1. The minimum absolute atomic E-state index is 0.0430. The lowest BCUT2D eigenvalue weighted by molar-refractivity contribution is -0.137. The number of benzene rings is 1. The second-order valence-electron chi connectivity index (χ2n) is 9.84. The molecule has 0 unspecified atom stereocenters. The molecule has 36 heavy (non-hydrogen) atoms. The van der Waals surface area contributed by atoms with E-state index in [4.69, 9.17) is 9.72 Å². The highest BCUT2D eigenvalue weighted by Crippen LogP contribution is 2.42. The van der Waals surface area contributed by atoms with E-state index in [0.717, 1.165) is 30.5 Å². The van der Waals surface area contributed by atoms with Crippen molar-refractivity contribution < 1.29 is 27.1 Å². The van der Waals surface area contributed by atoms with Crippen molar-refractivity contribution in [3.05, 3.63) is 70.4 Å². The molecule has 2 fully saturated rings. The molecule has 1 aliphatic carbocycles. The van der Waals surface area contributed by atoms with Gasteiger partial charge in [0.1, 0.15) is 5.82 Å². The first-order valence-corrected chi connectivity index (χ1v) is 12.0. The third kappa shape index (κ3) is 4.07. The molecule has 1 aromatic carbocycles. The lowest BCUT2D eigenvalue weighted by Crippen LogP contribution is -2.20. The van der Waals surface area contributed by atoms with Crippen LogP contribution in [0.15, 0.2) is 36.7 Å². The average Bonchev–Trinajstić information content (AvgIpc) is 3.51. The number of nitrogens with zero attached hydrogens (tertiary/aromatic N) is 4. The van der Waals surface area contributed by atoms with Gasteiger partial charge < -0.3 is 9.64 Å². The summed E-state index contributed by atoms with van der Waals surface area (Å²) in [6.45, 7) is 0.703. The number of hydrogen-bond donors (Lipinski definition) is 0. The van der Waals surface area contributed by atoms with Crippen molar-refractivity contribution in [3.63, 3.8) is 0 Å². The minimum Gasteiger partial charge on any atom is -0.373 e. The molecule has 0 radical (unpaired) electrons. The van der Waals surface area contributed by atoms with E-state index in [1.807, 2.05) is 17.1 Å². The van der Waals surface area contributed by atoms with Crippen LogP contribution >= 0.6 is 0 Å². The predicted molar refractivity (Wildman–Crippen MR) is 122 cm³/mol. The monoisotopic (exact) mass is 500 g/mol. The van der Waals surface area contributed by atoms with Gasteiger partial charge in [-0.2, -0.15) is 18.3 Å². The van der Waals surface area contributed by atoms with Crippen molar-refractivity contribution in [1.29, 1.82) is 0 Å². The Morgan fingerprint density at radius 2 is 1.92 bits per heavy atom. The summed E-state index contributed by atoms with van der Waals surface area (Å²) < 4.78 is 62.3. The summed E-state index contributed by atoms with van der Waals surface area (Å²) in [4.78, 5) is 19.1. The second kappa shape index (κ2) is 8.40. The van der Waals surface area contributed by atoms with Crippen LogP contribution in [0, 0.1) is 5.82 Å². The van der Waals surface area contributed by atoms with Crippen molar-refractivity contribution in [2.75, 3.05) is 13.7 Å². The molecular weight excluding hydrogens is 476 g/mol. The number of rotatable bonds is 4. The zero-order valence-electron chi connectivity index (χ0n) is 19.6. The Kier molecular flexibility index (Phi) is 5.40. The fourth-order valence-corrected chi connectivity index (χ4v) is 5.13. The molecule has 0 N–H and O–H groups in total. The number of aromatic nitrogens is 3. The van der Waals surface area contributed by atoms with Crippen molar-refractivity contribution in [3.8, 4) is 11.3 Å². The molecule has 3 aromatic rings. The van der Waals surface area contributed by atoms with Gasteiger partial charge in [-0.1, -0.05) is 0 Å². The first-order valence-electron chi connectivity index (χ1n) is 12.0. The van der Waals surface area contributed by atoms with Gasteiger partial charge in [-0.15, -0.1) is 0 Å². The van der Waals surface area contributed by atoms with Gasteiger partial charge in [-0.25, -0.2) is 4.39 Å². The highest BCUT2D eigenvalue weighted by Gasteiger charge is 2.35. The van der Waals surface area contributed by atoms with Crippen LogP contribution in [0.25, 0.3) is 11.3 Å². The normalized spacial score (nSPS) is 22.2. The molecule has 0 spiro atoms. The number of carbonyl (C=O) groups is 1. The minimum atomic E-state index is -4.66. The number of amides is 1. The fraction of sp³-hybridized carbons (Fsp3) is 0.423. The van der Waals surface area contributed by atoms with Gasteiger partial charge in [-0.3, -0.25) is 14.5 Å². The molecular formula is C26H24F4N4O2. The molecule has 10 heteroatoms. The van der Waals surface area contributed by atoms with Crippen LogP contribution in [0.4, 0.5) is 17.6 Å². The van der Waals surface area contributed by atoms with Gasteiger partial charge >= 0.3 is 6.18 Å². The van der Waals surface area contributed by atoms with Crippen LogP contribution in [-0.2, 0) is 17.5 Å². The van der Waals surface area contributed by atoms with Crippen LogP contribution in [0.2, 0.25) is 0 Å². The van der Waals surface area contributed by atoms with Gasteiger partial charge in [0.05, 0.1) is 29.6 Å². The lowest BCUT2D eigenvalue weighted by atomic mass is 9.88. The molecule has 1 saturated heterocycles. The average molecular weight is 500 g/mol. The Labute approximate surface area is 204 Å². The van der Waals surface area contributed by atoms with E-state index in [9.17, 15) is 22.4 Å². The van der Waals surface area contributed by atoms with E-state index < -0.39 is 17.6 Å². The van der Waals surface area contributed by atoms with E-state index in [0.29, 0.717) is 48.4 Å². The highest BCUT2D eigenvalue weighted by atomic mass is 19.4. The lowest BCUT2D eigenvalue weighted by Gasteiger charge is -2.29. The molecule has 2 atom stereocenters. The summed E-state index contributed by atoms with van der Waals surface area (Å²) in [5, 5.41) is 4.45. The van der Waals surface area contributed by atoms with E-state index in [-0.39, 0.29) is 35.7 Å². The van der Waals surface area contributed by atoms with Crippen molar-refractivity contribution in [2.45, 2.75) is 56.5 Å². The van der Waals surface area contributed by atoms with E-state index >= 15 is 0 Å². The molecule has 1 saturated carbocycles. The summed E-state index contributed by atoms with van der Waals surface area (Å²) in [6.07, 6.45) is 2.53. The van der Waals surface area contributed by atoms with Crippen LogP contribution in [0.1, 0.15) is 76.5 Å². The van der Waals surface area contributed by atoms with E-state index in [1.165, 1.54) is 4.90 Å². The maximum atomic E-state index is 15.0. The molecule has 1 amide bonds. The zero-order valence-corrected chi connectivity index (χ0v) is 19.6. The van der Waals surface area contributed by atoms with Crippen molar-refractivity contribution in [2.24, 2.45) is 0 Å². The Morgan fingerprint density at radius 3 is 2.64 bits per heavy atom. The number of carbonyl (C=O) groups excluding carboxylic acids is 1. The van der Waals surface area contributed by atoms with E-state index in [2.05, 4.69) is 5.10 Å². The molecule has 6 nitrogen and oxygen atoms in total. The Hall–Kier alpha value is -3.27. The van der Waals surface area contributed by atoms with Crippen molar-refractivity contribution in [1.82, 2.24) is 19.7 Å². The molecule has 0 bridgehead atoms.